The van der Waals surface area contributed by atoms with E-state index < -0.39 is 33.0 Å². The number of ether oxygens (including phenoxy) is 1. The van der Waals surface area contributed by atoms with Gasteiger partial charge in [-0.25, -0.2) is 13.4 Å². The number of aromatic nitrogens is 1. The number of para-hydroxylation sites is 1. The zero-order valence-electron chi connectivity index (χ0n) is 17.3. The fourth-order valence-corrected chi connectivity index (χ4v) is 3.58. The van der Waals surface area contributed by atoms with Crippen LogP contribution in [0, 0.1) is 13.8 Å². The van der Waals surface area contributed by atoms with Crippen LogP contribution < -0.4 is 10.1 Å². The second-order valence-electron chi connectivity index (χ2n) is 7.15. The molecule has 0 spiro atoms. The number of anilines is 1. The zero-order valence-corrected chi connectivity index (χ0v) is 18.1. The van der Waals surface area contributed by atoms with Crippen LogP contribution in [0.15, 0.2) is 59.6 Å². The Bertz CT molecular complexity index is 1270. The Morgan fingerprint density at radius 1 is 1.03 bits per heavy atom. The molecule has 0 aliphatic rings. The first-order chi connectivity index (χ1) is 14.9. The topological polar surface area (TPSA) is 85.4 Å². The second-order valence-corrected chi connectivity index (χ2v) is 9.17. The fourth-order valence-electron chi connectivity index (χ4n) is 2.91. The number of hydrogen-bond donors (Lipinski definition) is 1. The van der Waals surface area contributed by atoms with Gasteiger partial charge in [0.05, 0.1) is 10.5 Å². The summed E-state index contributed by atoms with van der Waals surface area (Å²) in [5.41, 5.74) is -0.0696. The first-order valence-electron chi connectivity index (χ1n) is 9.29. The first-order valence-corrected chi connectivity index (χ1v) is 11.2. The van der Waals surface area contributed by atoms with Crippen LogP contribution in [0.3, 0.4) is 0 Å². The minimum Gasteiger partial charge on any atom is -0.438 e. The highest BCUT2D eigenvalue weighted by atomic mass is 32.2. The van der Waals surface area contributed by atoms with E-state index >= 15 is 0 Å². The van der Waals surface area contributed by atoms with Gasteiger partial charge in [0.25, 0.3) is 5.91 Å². The number of alkyl halides is 3. The third kappa shape index (κ3) is 5.25. The fraction of sp³-hybridized carbons (Fsp3) is 0.182. The number of halogens is 3. The lowest BCUT2D eigenvalue weighted by atomic mass is 10.1. The van der Waals surface area contributed by atoms with Crippen molar-refractivity contribution in [1.82, 2.24) is 4.98 Å². The predicted octanol–water partition coefficient (Wildman–Crippen LogP) is 5.17. The molecule has 0 saturated carbocycles. The van der Waals surface area contributed by atoms with E-state index in [1.54, 1.807) is 32.0 Å². The molecule has 1 amide bonds. The standard InChI is InChI=1S/C22H19F3N2O4S/c1-13-6-4-7-14(2)19(13)31-21-18(10-15(12-26-21)22(23,24)25)20(28)27-16-8-5-9-17(11-16)32(3,29)30/h4-12H,1-3H3,(H,27,28). The van der Waals surface area contributed by atoms with E-state index in [2.05, 4.69) is 10.3 Å². The second kappa shape index (κ2) is 8.62. The van der Waals surface area contributed by atoms with Crippen LogP contribution in [-0.2, 0) is 16.0 Å². The molecule has 0 unspecified atom stereocenters. The summed E-state index contributed by atoms with van der Waals surface area (Å²) in [5.74, 6) is -0.879. The number of sulfone groups is 1. The summed E-state index contributed by atoms with van der Waals surface area (Å²) in [5, 5.41) is 2.41. The third-order valence-electron chi connectivity index (χ3n) is 4.55. The van der Waals surface area contributed by atoms with Crippen molar-refractivity contribution in [3.05, 3.63) is 77.0 Å². The van der Waals surface area contributed by atoms with Gasteiger partial charge in [-0.05, 0) is 49.2 Å². The molecule has 0 fully saturated rings. The summed E-state index contributed by atoms with van der Waals surface area (Å²) in [6.07, 6.45) is -3.14. The number of pyridine rings is 1. The van der Waals surface area contributed by atoms with E-state index in [0.29, 0.717) is 29.1 Å². The molecule has 6 nitrogen and oxygen atoms in total. The van der Waals surface area contributed by atoms with Crippen molar-refractivity contribution in [3.8, 4) is 11.6 Å². The monoisotopic (exact) mass is 464 g/mol. The van der Waals surface area contributed by atoms with Crippen LogP contribution in [0.1, 0.15) is 27.0 Å². The number of nitrogens with one attached hydrogen (secondary N) is 1. The smallest absolute Gasteiger partial charge is 0.417 e. The molecule has 168 valence electrons. The average molecular weight is 464 g/mol. The van der Waals surface area contributed by atoms with Gasteiger partial charge in [-0.1, -0.05) is 24.3 Å². The van der Waals surface area contributed by atoms with E-state index in [-0.39, 0.29) is 16.5 Å². The molecule has 3 rings (SSSR count). The lowest BCUT2D eigenvalue weighted by molar-refractivity contribution is -0.137. The van der Waals surface area contributed by atoms with Crippen molar-refractivity contribution in [1.29, 1.82) is 0 Å². The van der Waals surface area contributed by atoms with Crippen LogP contribution in [0.2, 0.25) is 0 Å². The summed E-state index contributed by atoms with van der Waals surface area (Å²) >= 11 is 0. The molecule has 2 aromatic carbocycles. The number of benzene rings is 2. The van der Waals surface area contributed by atoms with Gasteiger partial charge in [-0.2, -0.15) is 13.2 Å². The van der Waals surface area contributed by atoms with Crippen LogP contribution >= 0.6 is 0 Å². The van der Waals surface area contributed by atoms with E-state index in [4.69, 9.17) is 4.74 Å². The Hall–Kier alpha value is -3.40. The van der Waals surface area contributed by atoms with Gasteiger partial charge in [-0.3, -0.25) is 4.79 Å². The summed E-state index contributed by atoms with van der Waals surface area (Å²) in [6.45, 7) is 3.51. The number of aryl methyl sites for hydroxylation is 2. The molecule has 0 bridgehead atoms. The minimum absolute atomic E-state index is 0.0514. The SMILES string of the molecule is Cc1cccc(C)c1Oc1ncc(C(F)(F)F)cc1C(=O)Nc1cccc(S(C)(=O)=O)c1. The highest BCUT2D eigenvalue weighted by Crippen LogP contribution is 2.34. The molecule has 32 heavy (non-hydrogen) atoms. The summed E-state index contributed by atoms with van der Waals surface area (Å²) in [4.78, 5) is 16.6. The van der Waals surface area contributed by atoms with Gasteiger partial charge in [0.15, 0.2) is 9.84 Å². The molecule has 1 N–H and O–H groups in total. The Balaban J connectivity index is 2.04. The molecule has 0 aliphatic heterocycles. The molecule has 10 heteroatoms. The van der Waals surface area contributed by atoms with Crippen molar-refractivity contribution in [2.24, 2.45) is 0 Å². The van der Waals surface area contributed by atoms with Gasteiger partial charge >= 0.3 is 6.18 Å². The summed E-state index contributed by atoms with van der Waals surface area (Å²) < 4.78 is 69.0. The van der Waals surface area contributed by atoms with E-state index in [1.165, 1.54) is 24.3 Å². The zero-order chi connectivity index (χ0) is 23.7. The number of nitrogens with zero attached hydrogens (tertiary/aromatic N) is 1. The Kier molecular flexibility index (Phi) is 6.27. The van der Waals surface area contributed by atoms with Crippen LogP contribution in [0.4, 0.5) is 18.9 Å². The molecule has 0 radical (unpaired) electrons. The predicted molar refractivity (Wildman–Crippen MR) is 113 cm³/mol. The van der Waals surface area contributed by atoms with Gasteiger partial charge in [0.2, 0.25) is 5.88 Å². The number of amides is 1. The lowest BCUT2D eigenvalue weighted by Crippen LogP contribution is -2.16. The van der Waals surface area contributed by atoms with Gasteiger partial charge < -0.3 is 10.1 Å². The number of hydrogen-bond acceptors (Lipinski definition) is 5. The largest absolute Gasteiger partial charge is 0.438 e. The molecular formula is C22H19F3N2O4S. The van der Waals surface area contributed by atoms with Gasteiger partial charge in [0, 0.05) is 18.1 Å². The molecule has 1 aromatic heterocycles. The average Bonchev–Trinajstić information content (AvgIpc) is 2.69. The molecular weight excluding hydrogens is 445 g/mol. The Labute approximate surface area is 183 Å². The van der Waals surface area contributed by atoms with Crippen molar-refractivity contribution in [2.75, 3.05) is 11.6 Å². The summed E-state index contributed by atoms with van der Waals surface area (Å²) in [6, 6.07) is 11.3. The third-order valence-corrected chi connectivity index (χ3v) is 5.66. The normalized spacial score (nSPS) is 11.8. The maximum absolute atomic E-state index is 13.2. The molecule has 0 saturated heterocycles. The van der Waals surface area contributed by atoms with E-state index in [9.17, 15) is 26.4 Å². The molecule has 1 heterocycles. The number of rotatable bonds is 5. The van der Waals surface area contributed by atoms with Gasteiger partial charge in [-0.15, -0.1) is 0 Å². The minimum atomic E-state index is -4.73. The quantitative estimate of drug-likeness (QED) is 0.563. The summed E-state index contributed by atoms with van der Waals surface area (Å²) in [7, 11) is -3.55. The molecule has 3 aromatic rings. The first kappa shape index (κ1) is 23.3. The van der Waals surface area contributed by atoms with Crippen LogP contribution in [0.5, 0.6) is 11.6 Å². The van der Waals surface area contributed by atoms with Crippen molar-refractivity contribution >= 4 is 21.4 Å². The van der Waals surface area contributed by atoms with Crippen LogP contribution in [0.25, 0.3) is 0 Å². The number of carbonyl (C=O) groups excluding carboxylic acids is 1. The van der Waals surface area contributed by atoms with Crippen molar-refractivity contribution in [2.45, 2.75) is 24.9 Å². The van der Waals surface area contributed by atoms with Crippen molar-refractivity contribution in [3.63, 3.8) is 0 Å². The Morgan fingerprint density at radius 3 is 2.25 bits per heavy atom. The highest BCUT2D eigenvalue weighted by Gasteiger charge is 2.33. The maximum atomic E-state index is 13.2. The van der Waals surface area contributed by atoms with Gasteiger partial charge in [0.1, 0.15) is 11.3 Å². The Morgan fingerprint density at radius 2 is 1.66 bits per heavy atom. The number of carbonyl (C=O) groups is 1. The molecule has 0 aliphatic carbocycles. The maximum Gasteiger partial charge on any atom is 0.417 e. The van der Waals surface area contributed by atoms with Crippen molar-refractivity contribution < 1.29 is 31.1 Å². The highest BCUT2D eigenvalue weighted by molar-refractivity contribution is 7.90. The van der Waals surface area contributed by atoms with E-state index in [0.717, 1.165) is 6.26 Å². The van der Waals surface area contributed by atoms with E-state index in [1.807, 2.05) is 0 Å². The molecule has 0 atom stereocenters. The lowest BCUT2D eigenvalue weighted by Gasteiger charge is -2.16. The van der Waals surface area contributed by atoms with Crippen LogP contribution in [-0.4, -0.2) is 25.6 Å².